The maximum absolute atomic E-state index is 11.2. The lowest BCUT2D eigenvalue weighted by Crippen LogP contribution is -2.11. The van der Waals surface area contributed by atoms with Crippen LogP contribution in [0, 0.1) is 0 Å². The number of ether oxygens (including phenoxy) is 1. The highest BCUT2D eigenvalue weighted by Crippen LogP contribution is 2.29. The van der Waals surface area contributed by atoms with Gasteiger partial charge in [-0.1, -0.05) is 23.7 Å². The number of nitrogens with zero attached hydrogens (tertiary/aromatic N) is 3. The normalized spacial score (nSPS) is 11.7. The van der Waals surface area contributed by atoms with E-state index in [1.54, 1.807) is 23.3 Å². The van der Waals surface area contributed by atoms with E-state index >= 15 is 0 Å². The molecule has 0 saturated heterocycles. The molecule has 0 saturated carbocycles. The molecule has 0 radical (unpaired) electrons. The number of hydrogen-bond donors (Lipinski definition) is 3. The molecule has 174 valence electrons. The summed E-state index contributed by atoms with van der Waals surface area (Å²) in [5, 5.41) is 12.6. The molecule has 0 bridgehead atoms. The van der Waals surface area contributed by atoms with E-state index in [0.29, 0.717) is 12.2 Å². The van der Waals surface area contributed by atoms with Crippen molar-refractivity contribution >= 4 is 29.0 Å². The number of nitrogens with two attached hydrogens (primary N) is 1. The van der Waals surface area contributed by atoms with Crippen molar-refractivity contribution in [1.29, 1.82) is 0 Å². The molecule has 1 aliphatic heterocycles. The Morgan fingerprint density at radius 1 is 1.18 bits per heavy atom. The van der Waals surface area contributed by atoms with E-state index < -0.39 is 5.91 Å². The predicted octanol–water partition coefficient (Wildman–Crippen LogP) is 3.92. The number of fused-ring (bicyclic) bond motifs is 1. The first-order valence-electron chi connectivity index (χ1n) is 10.7. The van der Waals surface area contributed by atoms with Crippen molar-refractivity contribution < 1.29 is 14.6 Å². The molecule has 8 nitrogen and oxygen atoms in total. The molecule has 0 unspecified atom stereocenters. The Morgan fingerprint density at radius 2 is 2.06 bits per heavy atom. The highest BCUT2D eigenvalue weighted by atomic mass is 35.5. The summed E-state index contributed by atoms with van der Waals surface area (Å²) in [7, 11) is 0. The van der Waals surface area contributed by atoms with Gasteiger partial charge in [-0.05, 0) is 53.9 Å². The van der Waals surface area contributed by atoms with E-state index in [1.165, 1.54) is 5.56 Å². The van der Waals surface area contributed by atoms with Gasteiger partial charge in [0.15, 0.2) is 0 Å². The van der Waals surface area contributed by atoms with Crippen molar-refractivity contribution in [2.24, 2.45) is 5.73 Å². The Balaban J connectivity index is 0.000000231. The first-order chi connectivity index (χ1) is 16.5. The maximum atomic E-state index is 11.2. The van der Waals surface area contributed by atoms with Gasteiger partial charge in [-0.2, -0.15) is 0 Å². The minimum absolute atomic E-state index is 0.181. The molecule has 34 heavy (non-hydrogen) atoms. The average Bonchev–Trinajstić information content (AvgIpc) is 3.50. The number of nitrogens with one attached hydrogen (secondary N) is 1. The number of benzene rings is 2. The number of rotatable bonds is 6. The largest absolute Gasteiger partial charge is 0.493 e. The van der Waals surface area contributed by atoms with Crippen LogP contribution in [-0.2, 0) is 12.8 Å². The highest BCUT2D eigenvalue weighted by Gasteiger charge is 2.12. The van der Waals surface area contributed by atoms with Crippen molar-refractivity contribution in [2.45, 2.75) is 12.8 Å². The van der Waals surface area contributed by atoms with E-state index in [1.807, 2.05) is 48.5 Å². The van der Waals surface area contributed by atoms with E-state index in [4.69, 9.17) is 27.2 Å². The van der Waals surface area contributed by atoms with Gasteiger partial charge in [-0.15, -0.1) is 0 Å². The van der Waals surface area contributed by atoms with Crippen molar-refractivity contribution in [3.8, 4) is 11.4 Å². The fraction of sp³-hybridized carbons (Fsp3) is 0.160. The van der Waals surface area contributed by atoms with Gasteiger partial charge < -0.3 is 25.5 Å². The van der Waals surface area contributed by atoms with Crippen LogP contribution >= 0.6 is 11.6 Å². The number of aliphatic hydroxyl groups excluding tert-OH is 1. The molecular weight excluding hydrogens is 454 g/mol. The third-order valence-corrected chi connectivity index (χ3v) is 5.36. The molecule has 0 aliphatic carbocycles. The first-order valence-corrected chi connectivity index (χ1v) is 11.1. The molecule has 3 heterocycles. The molecule has 9 heteroatoms. The quantitative estimate of drug-likeness (QED) is 0.387. The number of pyridine rings is 1. The van der Waals surface area contributed by atoms with Crippen LogP contribution in [0.25, 0.3) is 5.69 Å². The SMILES string of the molecule is NC(=O)c1cn(-c2ccnc(Nc3ccc4c(c3)CCO4)c2)cn1.OCCc1cccc(Cl)c1. The van der Waals surface area contributed by atoms with Crippen LogP contribution in [0.1, 0.15) is 21.6 Å². The summed E-state index contributed by atoms with van der Waals surface area (Å²) in [4.78, 5) is 19.5. The summed E-state index contributed by atoms with van der Waals surface area (Å²) in [6, 6.07) is 17.2. The molecule has 0 fully saturated rings. The van der Waals surface area contributed by atoms with Gasteiger partial charge in [0.2, 0.25) is 0 Å². The lowest BCUT2D eigenvalue weighted by molar-refractivity contribution is 0.0996. The van der Waals surface area contributed by atoms with Gasteiger partial charge in [-0.3, -0.25) is 4.79 Å². The second kappa shape index (κ2) is 10.8. The van der Waals surface area contributed by atoms with Crippen LogP contribution in [0.4, 0.5) is 11.5 Å². The van der Waals surface area contributed by atoms with Crippen LogP contribution in [0.5, 0.6) is 5.75 Å². The summed E-state index contributed by atoms with van der Waals surface area (Å²) in [5.74, 6) is 1.09. The fourth-order valence-electron chi connectivity index (χ4n) is 3.47. The molecule has 2 aromatic heterocycles. The minimum atomic E-state index is -0.554. The second-order valence-corrected chi connectivity index (χ2v) is 8.02. The van der Waals surface area contributed by atoms with E-state index in [-0.39, 0.29) is 12.3 Å². The van der Waals surface area contributed by atoms with Gasteiger partial charge in [-0.25, -0.2) is 9.97 Å². The van der Waals surface area contributed by atoms with Crippen LogP contribution < -0.4 is 15.8 Å². The van der Waals surface area contributed by atoms with Crippen LogP contribution in [-0.4, -0.2) is 38.8 Å². The molecule has 4 aromatic rings. The highest BCUT2D eigenvalue weighted by molar-refractivity contribution is 6.30. The van der Waals surface area contributed by atoms with E-state index in [0.717, 1.165) is 40.7 Å². The van der Waals surface area contributed by atoms with Crippen molar-refractivity contribution in [3.63, 3.8) is 0 Å². The monoisotopic (exact) mass is 477 g/mol. The number of hydrogen-bond acceptors (Lipinski definition) is 6. The summed E-state index contributed by atoms with van der Waals surface area (Å²) < 4.78 is 7.24. The average molecular weight is 478 g/mol. The minimum Gasteiger partial charge on any atom is -0.493 e. The Morgan fingerprint density at radius 3 is 2.82 bits per heavy atom. The predicted molar refractivity (Wildman–Crippen MR) is 131 cm³/mol. The molecule has 5 rings (SSSR count). The summed E-state index contributed by atoms with van der Waals surface area (Å²) >= 11 is 5.70. The number of imidazole rings is 1. The lowest BCUT2D eigenvalue weighted by atomic mass is 10.1. The zero-order valence-corrected chi connectivity index (χ0v) is 19.1. The summed E-state index contributed by atoms with van der Waals surface area (Å²) in [5.41, 5.74) is 9.51. The Kier molecular flexibility index (Phi) is 7.41. The fourth-order valence-corrected chi connectivity index (χ4v) is 3.69. The lowest BCUT2D eigenvalue weighted by Gasteiger charge is -2.09. The molecule has 4 N–H and O–H groups in total. The number of amides is 1. The molecule has 1 amide bonds. The van der Waals surface area contributed by atoms with Crippen molar-refractivity contribution in [3.05, 3.63) is 95.2 Å². The third kappa shape index (κ3) is 5.92. The first kappa shape index (κ1) is 23.3. The molecular formula is C25H24ClN5O3. The third-order valence-electron chi connectivity index (χ3n) is 5.13. The number of carbonyl (C=O) groups excluding carboxylic acids is 1. The number of primary amides is 1. The Hall–Kier alpha value is -3.88. The van der Waals surface area contributed by atoms with Gasteiger partial charge in [0.25, 0.3) is 5.91 Å². The zero-order valence-electron chi connectivity index (χ0n) is 18.3. The second-order valence-electron chi connectivity index (χ2n) is 7.58. The number of halogens is 1. The summed E-state index contributed by atoms with van der Waals surface area (Å²) in [6.45, 7) is 0.912. The maximum Gasteiger partial charge on any atom is 0.268 e. The van der Waals surface area contributed by atoms with E-state index in [2.05, 4.69) is 21.4 Å². The van der Waals surface area contributed by atoms with Crippen molar-refractivity contribution in [2.75, 3.05) is 18.5 Å². The Bertz CT molecular complexity index is 1290. The number of aromatic nitrogens is 3. The van der Waals surface area contributed by atoms with Crippen LogP contribution in [0.2, 0.25) is 5.02 Å². The van der Waals surface area contributed by atoms with Crippen molar-refractivity contribution in [1.82, 2.24) is 14.5 Å². The molecule has 1 aliphatic rings. The molecule has 2 aromatic carbocycles. The molecule has 0 spiro atoms. The summed E-state index contributed by atoms with van der Waals surface area (Å²) in [6.07, 6.45) is 6.43. The standard InChI is InChI=1S/C17H15N5O2.C8H9ClO/c18-17(23)14-9-22(10-20-14)13-3-5-19-16(8-13)21-12-1-2-15-11(7-12)4-6-24-15;9-8-3-1-2-7(6-8)4-5-10/h1-3,5,7-10H,4,6H2,(H2,18,23)(H,19,21);1-3,6,10H,4-5H2. The van der Waals surface area contributed by atoms with E-state index in [9.17, 15) is 4.79 Å². The number of anilines is 2. The van der Waals surface area contributed by atoms with Gasteiger partial charge >= 0.3 is 0 Å². The van der Waals surface area contributed by atoms with Crippen LogP contribution in [0.15, 0.2) is 73.3 Å². The van der Waals surface area contributed by atoms with Gasteiger partial charge in [0.05, 0.1) is 12.3 Å². The number of aliphatic hydroxyl groups is 1. The smallest absolute Gasteiger partial charge is 0.268 e. The molecule has 0 atom stereocenters. The zero-order chi connectivity index (χ0) is 23.9. The van der Waals surface area contributed by atoms with Crippen LogP contribution in [0.3, 0.4) is 0 Å². The number of carbonyl (C=O) groups is 1. The van der Waals surface area contributed by atoms with Gasteiger partial charge in [0.1, 0.15) is 23.6 Å². The Labute approximate surface area is 202 Å². The van der Waals surface area contributed by atoms with Gasteiger partial charge in [0, 0.05) is 42.2 Å². The topological polar surface area (TPSA) is 115 Å².